The fourth-order valence-corrected chi connectivity index (χ4v) is 1.95. The molecule has 2 aromatic rings. The van der Waals surface area contributed by atoms with E-state index < -0.39 is 5.82 Å². The van der Waals surface area contributed by atoms with Gasteiger partial charge in [0.05, 0.1) is 11.9 Å². The highest BCUT2D eigenvalue weighted by atomic mass is 32.2. The largest absolute Gasteiger partial charge is 0.337 e. The zero-order valence-corrected chi connectivity index (χ0v) is 10.5. The standard InChI is InChI=1S/C11H12FN5S/c1-18-9-5-3-2-4-8(9)15-10-7(12)6-14-11(16-10)17-13/h2-6H,13H2,1H3,(H2,14,15,16,17). The predicted molar refractivity (Wildman–Crippen MR) is 71.3 cm³/mol. The molecule has 0 atom stereocenters. The summed E-state index contributed by atoms with van der Waals surface area (Å²) in [5.41, 5.74) is 3.06. The third kappa shape index (κ3) is 2.69. The molecule has 0 fully saturated rings. The lowest BCUT2D eigenvalue weighted by molar-refractivity contribution is 0.619. The van der Waals surface area contributed by atoms with Crippen LogP contribution in [-0.2, 0) is 0 Å². The van der Waals surface area contributed by atoms with E-state index in [0.717, 1.165) is 16.8 Å². The Labute approximate surface area is 108 Å². The fraction of sp³-hybridized carbons (Fsp3) is 0.0909. The van der Waals surface area contributed by atoms with Gasteiger partial charge in [-0.25, -0.2) is 15.2 Å². The highest BCUT2D eigenvalue weighted by Gasteiger charge is 2.08. The van der Waals surface area contributed by atoms with Crippen molar-refractivity contribution in [1.82, 2.24) is 9.97 Å². The Morgan fingerprint density at radius 1 is 1.33 bits per heavy atom. The lowest BCUT2D eigenvalue weighted by Crippen LogP contribution is -2.12. The molecule has 0 aliphatic heterocycles. The van der Waals surface area contributed by atoms with Crippen LogP contribution < -0.4 is 16.6 Å². The molecule has 7 heteroatoms. The van der Waals surface area contributed by atoms with Gasteiger partial charge in [0, 0.05) is 4.90 Å². The maximum absolute atomic E-state index is 13.6. The van der Waals surface area contributed by atoms with Gasteiger partial charge in [0.25, 0.3) is 0 Å². The Kier molecular flexibility index (Phi) is 3.96. The average Bonchev–Trinajstić information content (AvgIpc) is 2.42. The summed E-state index contributed by atoms with van der Waals surface area (Å²) in [6.45, 7) is 0. The minimum Gasteiger partial charge on any atom is -0.337 e. The van der Waals surface area contributed by atoms with Gasteiger partial charge in [-0.2, -0.15) is 4.98 Å². The van der Waals surface area contributed by atoms with Crippen LogP contribution in [0.25, 0.3) is 0 Å². The number of nitrogens with two attached hydrogens (primary N) is 1. The lowest BCUT2D eigenvalue weighted by Gasteiger charge is -2.10. The molecule has 0 bridgehead atoms. The van der Waals surface area contributed by atoms with E-state index in [4.69, 9.17) is 5.84 Å². The van der Waals surface area contributed by atoms with Crippen LogP contribution in [0.5, 0.6) is 0 Å². The monoisotopic (exact) mass is 265 g/mol. The quantitative estimate of drug-likeness (QED) is 0.447. The summed E-state index contributed by atoms with van der Waals surface area (Å²) in [5, 5.41) is 2.92. The molecule has 1 aromatic heterocycles. The van der Waals surface area contributed by atoms with Crippen molar-refractivity contribution in [3.8, 4) is 0 Å². The van der Waals surface area contributed by atoms with Crippen LogP contribution in [-0.4, -0.2) is 16.2 Å². The van der Waals surface area contributed by atoms with Crippen LogP contribution in [0.2, 0.25) is 0 Å². The molecular formula is C11H12FN5S. The number of anilines is 3. The molecule has 5 nitrogen and oxygen atoms in total. The van der Waals surface area contributed by atoms with Gasteiger partial charge in [-0.05, 0) is 18.4 Å². The van der Waals surface area contributed by atoms with Gasteiger partial charge < -0.3 is 5.32 Å². The Bertz CT molecular complexity index is 549. The number of hydrazine groups is 1. The Morgan fingerprint density at radius 3 is 2.83 bits per heavy atom. The summed E-state index contributed by atoms with van der Waals surface area (Å²) in [7, 11) is 0. The molecule has 94 valence electrons. The number of nitrogens with zero attached hydrogens (tertiary/aromatic N) is 2. The summed E-state index contributed by atoms with van der Waals surface area (Å²) in [4.78, 5) is 8.59. The number of hydrogen-bond acceptors (Lipinski definition) is 6. The number of benzene rings is 1. The average molecular weight is 265 g/mol. The van der Waals surface area contributed by atoms with E-state index in [2.05, 4.69) is 20.7 Å². The molecule has 0 aliphatic rings. The fourth-order valence-electron chi connectivity index (χ4n) is 1.40. The van der Waals surface area contributed by atoms with Crippen molar-refractivity contribution in [2.45, 2.75) is 4.90 Å². The summed E-state index contributed by atoms with van der Waals surface area (Å²) < 4.78 is 13.6. The highest BCUT2D eigenvalue weighted by molar-refractivity contribution is 7.98. The number of halogens is 1. The number of aromatic nitrogens is 2. The van der Waals surface area contributed by atoms with Crippen LogP contribution in [0.1, 0.15) is 0 Å². The first-order valence-corrected chi connectivity index (χ1v) is 6.36. The van der Waals surface area contributed by atoms with Crippen molar-refractivity contribution in [2.75, 3.05) is 17.0 Å². The molecule has 0 saturated carbocycles. The number of hydrogen-bond donors (Lipinski definition) is 3. The minimum absolute atomic E-state index is 0.0828. The van der Waals surface area contributed by atoms with Gasteiger partial charge >= 0.3 is 0 Å². The third-order valence-corrected chi connectivity index (χ3v) is 3.03. The zero-order valence-electron chi connectivity index (χ0n) is 9.64. The summed E-state index contributed by atoms with van der Waals surface area (Å²) >= 11 is 1.56. The van der Waals surface area contributed by atoms with E-state index in [1.54, 1.807) is 11.8 Å². The second-order valence-corrected chi connectivity index (χ2v) is 4.21. The number of nitrogens with one attached hydrogen (secondary N) is 2. The number of rotatable bonds is 4. The Balaban J connectivity index is 2.33. The van der Waals surface area contributed by atoms with Gasteiger partial charge in [-0.3, -0.25) is 5.43 Å². The SMILES string of the molecule is CSc1ccccc1Nc1nc(NN)ncc1F. The molecule has 0 saturated heterocycles. The second kappa shape index (κ2) is 5.65. The highest BCUT2D eigenvalue weighted by Crippen LogP contribution is 2.28. The van der Waals surface area contributed by atoms with Crippen molar-refractivity contribution in [1.29, 1.82) is 0 Å². The Hall–Kier alpha value is -1.86. The number of para-hydroxylation sites is 1. The van der Waals surface area contributed by atoms with E-state index >= 15 is 0 Å². The minimum atomic E-state index is -0.537. The van der Waals surface area contributed by atoms with Crippen LogP contribution in [0.3, 0.4) is 0 Å². The van der Waals surface area contributed by atoms with Crippen LogP contribution in [0.15, 0.2) is 35.4 Å². The van der Waals surface area contributed by atoms with Crippen molar-refractivity contribution >= 4 is 29.2 Å². The van der Waals surface area contributed by atoms with Crippen LogP contribution >= 0.6 is 11.8 Å². The molecule has 1 aromatic carbocycles. The van der Waals surface area contributed by atoms with Crippen LogP contribution in [0, 0.1) is 5.82 Å². The zero-order chi connectivity index (χ0) is 13.0. The summed E-state index contributed by atoms with van der Waals surface area (Å²) in [6.07, 6.45) is 3.01. The molecule has 2 rings (SSSR count). The van der Waals surface area contributed by atoms with E-state index in [-0.39, 0.29) is 11.8 Å². The van der Waals surface area contributed by atoms with Crippen molar-refractivity contribution in [2.24, 2.45) is 5.84 Å². The first kappa shape index (κ1) is 12.6. The van der Waals surface area contributed by atoms with Gasteiger partial charge in [0.1, 0.15) is 0 Å². The number of nitrogen functional groups attached to an aromatic ring is 1. The maximum atomic E-state index is 13.6. The molecule has 4 N–H and O–H groups in total. The smallest absolute Gasteiger partial charge is 0.239 e. The van der Waals surface area contributed by atoms with E-state index in [9.17, 15) is 4.39 Å². The van der Waals surface area contributed by atoms with E-state index in [1.807, 2.05) is 30.5 Å². The first-order valence-electron chi connectivity index (χ1n) is 5.14. The van der Waals surface area contributed by atoms with Crippen molar-refractivity contribution < 1.29 is 4.39 Å². The predicted octanol–water partition coefficient (Wildman–Crippen LogP) is 2.37. The van der Waals surface area contributed by atoms with Crippen molar-refractivity contribution in [3.05, 3.63) is 36.3 Å². The maximum Gasteiger partial charge on any atom is 0.239 e. The third-order valence-electron chi connectivity index (χ3n) is 2.23. The first-order chi connectivity index (χ1) is 8.74. The van der Waals surface area contributed by atoms with Crippen molar-refractivity contribution in [3.63, 3.8) is 0 Å². The molecular weight excluding hydrogens is 253 g/mol. The molecule has 0 spiro atoms. The lowest BCUT2D eigenvalue weighted by atomic mass is 10.3. The van der Waals surface area contributed by atoms with Gasteiger partial charge in [-0.1, -0.05) is 12.1 Å². The summed E-state index contributed by atoms with van der Waals surface area (Å²) in [6, 6.07) is 7.57. The molecule has 0 unspecified atom stereocenters. The van der Waals surface area contributed by atoms with Crippen LogP contribution in [0.4, 0.5) is 21.8 Å². The molecule has 18 heavy (non-hydrogen) atoms. The molecule has 0 amide bonds. The second-order valence-electron chi connectivity index (χ2n) is 3.36. The topological polar surface area (TPSA) is 75.9 Å². The molecule has 0 aliphatic carbocycles. The van der Waals surface area contributed by atoms with Gasteiger partial charge in [-0.15, -0.1) is 11.8 Å². The molecule has 1 heterocycles. The number of thioether (sulfide) groups is 1. The van der Waals surface area contributed by atoms with E-state index in [0.29, 0.717) is 0 Å². The summed E-state index contributed by atoms with van der Waals surface area (Å²) in [5.74, 6) is 4.89. The molecule has 0 radical (unpaired) electrons. The Morgan fingerprint density at radius 2 is 2.11 bits per heavy atom. The van der Waals surface area contributed by atoms with Gasteiger partial charge in [0.15, 0.2) is 11.6 Å². The normalized spacial score (nSPS) is 10.2. The van der Waals surface area contributed by atoms with Gasteiger partial charge in [0.2, 0.25) is 5.95 Å². The van der Waals surface area contributed by atoms with E-state index in [1.165, 1.54) is 0 Å².